The van der Waals surface area contributed by atoms with Crippen LogP contribution in [-0.2, 0) is 11.2 Å². The Labute approximate surface area is 175 Å². The lowest BCUT2D eigenvalue weighted by Gasteiger charge is -2.30. The van der Waals surface area contributed by atoms with Crippen molar-refractivity contribution in [2.45, 2.75) is 18.5 Å². The molecule has 4 heteroatoms. The van der Waals surface area contributed by atoms with Crippen molar-refractivity contribution >= 4 is 29.0 Å². The first-order valence-electron chi connectivity index (χ1n) is 10.2. The largest absolute Gasteiger partial charge is 0.368 e. The summed E-state index contributed by atoms with van der Waals surface area (Å²) in [6, 6.07) is 26.4. The number of hydrogen-bond acceptors (Lipinski definition) is 2. The Hall–Kier alpha value is -3.63. The molecule has 1 aliphatic rings. The first-order valence-corrected chi connectivity index (χ1v) is 10.2. The summed E-state index contributed by atoms with van der Waals surface area (Å²) < 4.78 is 0. The van der Waals surface area contributed by atoms with Crippen molar-refractivity contribution in [1.29, 1.82) is 0 Å². The Balaban J connectivity index is 1.49. The van der Waals surface area contributed by atoms with Gasteiger partial charge >= 0.3 is 0 Å². The normalized spacial score (nSPS) is 18.5. The molecule has 1 aliphatic heterocycles. The van der Waals surface area contributed by atoms with Gasteiger partial charge in [-0.25, -0.2) is 0 Å². The molecule has 0 saturated heterocycles. The second-order valence-corrected chi connectivity index (χ2v) is 7.73. The fourth-order valence-corrected chi connectivity index (χ4v) is 4.24. The predicted octanol–water partition coefficient (Wildman–Crippen LogP) is 4.43. The fourth-order valence-electron chi connectivity index (χ4n) is 4.24. The number of rotatable bonds is 4. The van der Waals surface area contributed by atoms with Crippen molar-refractivity contribution in [3.8, 4) is 0 Å². The van der Waals surface area contributed by atoms with Crippen molar-refractivity contribution in [3.05, 3.63) is 107 Å². The van der Waals surface area contributed by atoms with Gasteiger partial charge in [0.1, 0.15) is 0 Å². The van der Waals surface area contributed by atoms with E-state index in [2.05, 4.69) is 71.0 Å². The van der Waals surface area contributed by atoms with Gasteiger partial charge < -0.3 is 10.7 Å². The van der Waals surface area contributed by atoms with Gasteiger partial charge in [-0.05, 0) is 34.7 Å². The van der Waals surface area contributed by atoms with Gasteiger partial charge in [0.15, 0.2) is 0 Å². The van der Waals surface area contributed by atoms with Crippen LogP contribution in [0.2, 0.25) is 0 Å². The fraction of sp³-hybridized carbons (Fsp3) is 0.115. The SMILES string of the molecule is NC(=O)[C@H]1Cc2c([nH]c3ccccc23)[C@H](c2ccc(/C=C/c3ccccc3)cc2)N1. The molecule has 4 aromatic rings. The van der Waals surface area contributed by atoms with Crippen molar-refractivity contribution < 1.29 is 4.79 Å². The number of benzene rings is 3. The third-order valence-corrected chi connectivity index (χ3v) is 5.79. The molecule has 5 rings (SSSR count). The smallest absolute Gasteiger partial charge is 0.234 e. The quantitative estimate of drug-likeness (QED) is 0.449. The van der Waals surface area contributed by atoms with Crippen LogP contribution in [0.3, 0.4) is 0 Å². The molecule has 0 unspecified atom stereocenters. The van der Waals surface area contributed by atoms with Gasteiger partial charge in [0.25, 0.3) is 0 Å². The molecule has 2 atom stereocenters. The summed E-state index contributed by atoms with van der Waals surface area (Å²) in [7, 11) is 0. The molecule has 1 amide bonds. The molecule has 0 spiro atoms. The molecule has 0 bridgehead atoms. The monoisotopic (exact) mass is 393 g/mol. The van der Waals surface area contributed by atoms with E-state index in [4.69, 9.17) is 5.73 Å². The number of H-pyrrole nitrogens is 1. The highest BCUT2D eigenvalue weighted by molar-refractivity contribution is 5.88. The van der Waals surface area contributed by atoms with Crippen LogP contribution in [-0.4, -0.2) is 16.9 Å². The number of carbonyl (C=O) groups is 1. The van der Waals surface area contributed by atoms with Crippen molar-refractivity contribution in [2.24, 2.45) is 5.73 Å². The Kier molecular flexibility index (Phi) is 4.69. The summed E-state index contributed by atoms with van der Waals surface area (Å²) in [5.74, 6) is -0.321. The number of primary amides is 1. The topological polar surface area (TPSA) is 70.9 Å². The minimum atomic E-state index is -0.389. The highest BCUT2D eigenvalue weighted by atomic mass is 16.1. The van der Waals surface area contributed by atoms with Crippen molar-refractivity contribution in [2.75, 3.05) is 0 Å². The number of aromatic amines is 1. The standard InChI is InChI=1S/C26H23N3O/c27-26(30)23-16-21-20-8-4-5-9-22(20)28-25(21)24(29-23)19-14-12-18(13-15-19)11-10-17-6-2-1-3-7-17/h1-15,23-24,28-29H,16H2,(H2,27,30)/b11-10+/t23-,24+/m1/s1. The number of nitrogens with two attached hydrogens (primary N) is 1. The zero-order valence-corrected chi connectivity index (χ0v) is 16.5. The van der Waals surface area contributed by atoms with Gasteiger partial charge in [0.05, 0.1) is 12.1 Å². The van der Waals surface area contributed by atoms with Gasteiger partial charge in [0.2, 0.25) is 5.91 Å². The van der Waals surface area contributed by atoms with E-state index in [9.17, 15) is 4.79 Å². The van der Waals surface area contributed by atoms with Gasteiger partial charge in [-0.3, -0.25) is 10.1 Å². The third kappa shape index (κ3) is 3.42. The van der Waals surface area contributed by atoms with Crippen molar-refractivity contribution in [1.82, 2.24) is 10.3 Å². The van der Waals surface area contributed by atoms with E-state index in [0.29, 0.717) is 6.42 Å². The highest BCUT2D eigenvalue weighted by Gasteiger charge is 2.32. The van der Waals surface area contributed by atoms with E-state index in [0.717, 1.165) is 27.7 Å². The molecule has 0 saturated carbocycles. The Bertz CT molecular complexity index is 1220. The maximum absolute atomic E-state index is 12.0. The number of amides is 1. The Morgan fingerprint density at radius 2 is 1.53 bits per heavy atom. The van der Waals surface area contributed by atoms with Crippen molar-refractivity contribution in [3.63, 3.8) is 0 Å². The molecule has 4 nitrogen and oxygen atoms in total. The van der Waals surface area contributed by atoms with Crippen LogP contribution in [0.5, 0.6) is 0 Å². The second-order valence-electron chi connectivity index (χ2n) is 7.73. The van der Waals surface area contributed by atoms with Crippen LogP contribution < -0.4 is 11.1 Å². The lowest BCUT2D eigenvalue weighted by molar-refractivity contribution is -0.120. The van der Waals surface area contributed by atoms with E-state index in [1.165, 1.54) is 11.1 Å². The van der Waals surface area contributed by atoms with E-state index in [1.54, 1.807) is 0 Å². The van der Waals surface area contributed by atoms with Crippen LogP contribution in [0.1, 0.15) is 34.0 Å². The van der Waals surface area contributed by atoms with Gasteiger partial charge in [-0.1, -0.05) is 84.9 Å². The number of para-hydroxylation sites is 1. The molecule has 4 N–H and O–H groups in total. The van der Waals surface area contributed by atoms with Gasteiger partial charge in [0, 0.05) is 16.6 Å². The summed E-state index contributed by atoms with van der Waals surface area (Å²) in [4.78, 5) is 15.6. The summed E-state index contributed by atoms with van der Waals surface area (Å²) in [6.07, 6.45) is 4.81. The predicted molar refractivity (Wildman–Crippen MR) is 122 cm³/mol. The molecule has 148 valence electrons. The lowest BCUT2D eigenvalue weighted by atomic mass is 9.90. The molecule has 2 heterocycles. The summed E-state index contributed by atoms with van der Waals surface area (Å²) >= 11 is 0. The summed E-state index contributed by atoms with van der Waals surface area (Å²) in [5, 5.41) is 4.60. The van der Waals surface area contributed by atoms with Gasteiger partial charge in [-0.15, -0.1) is 0 Å². The number of carbonyl (C=O) groups excluding carboxylic acids is 1. The number of nitrogens with one attached hydrogen (secondary N) is 2. The first kappa shape index (κ1) is 18.4. The Morgan fingerprint density at radius 1 is 0.867 bits per heavy atom. The molecule has 0 fully saturated rings. The van der Waals surface area contributed by atoms with Gasteiger partial charge in [-0.2, -0.15) is 0 Å². The Morgan fingerprint density at radius 3 is 2.27 bits per heavy atom. The minimum Gasteiger partial charge on any atom is -0.368 e. The number of fused-ring (bicyclic) bond motifs is 3. The van der Waals surface area contributed by atoms with Crippen LogP contribution in [0.25, 0.3) is 23.1 Å². The zero-order chi connectivity index (χ0) is 20.5. The average Bonchev–Trinajstić information content (AvgIpc) is 3.17. The van der Waals surface area contributed by atoms with E-state index < -0.39 is 0 Å². The molecule has 0 radical (unpaired) electrons. The first-order chi connectivity index (χ1) is 14.7. The number of hydrogen-bond donors (Lipinski definition) is 3. The maximum atomic E-state index is 12.0. The van der Waals surface area contributed by atoms with Crippen LogP contribution in [0, 0.1) is 0 Å². The zero-order valence-electron chi connectivity index (χ0n) is 16.5. The van der Waals surface area contributed by atoms with Crippen LogP contribution in [0.15, 0.2) is 78.9 Å². The molecular weight excluding hydrogens is 370 g/mol. The summed E-state index contributed by atoms with van der Waals surface area (Å²) in [5.41, 5.74) is 12.4. The molecule has 0 aliphatic carbocycles. The minimum absolute atomic E-state index is 0.106. The molecule has 3 aromatic carbocycles. The van der Waals surface area contributed by atoms with E-state index in [-0.39, 0.29) is 18.0 Å². The molecule has 1 aromatic heterocycles. The van der Waals surface area contributed by atoms with Crippen LogP contribution >= 0.6 is 0 Å². The maximum Gasteiger partial charge on any atom is 0.234 e. The highest BCUT2D eigenvalue weighted by Crippen LogP contribution is 2.35. The van der Waals surface area contributed by atoms with E-state index >= 15 is 0 Å². The molecule has 30 heavy (non-hydrogen) atoms. The molecular formula is C26H23N3O. The van der Waals surface area contributed by atoms with Crippen LogP contribution in [0.4, 0.5) is 0 Å². The number of aromatic nitrogens is 1. The third-order valence-electron chi connectivity index (χ3n) is 5.79. The summed E-state index contributed by atoms with van der Waals surface area (Å²) in [6.45, 7) is 0. The van der Waals surface area contributed by atoms with E-state index in [1.807, 2.05) is 30.3 Å². The lowest BCUT2D eigenvalue weighted by Crippen LogP contribution is -2.48. The average molecular weight is 393 g/mol. The second kappa shape index (κ2) is 7.65.